The lowest BCUT2D eigenvalue weighted by atomic mass is 9.92. The lowest BCUT2D eigenvalue weighted by Gasteiger charge is -2.37. The molecule has 0 saturated carbocycles. The Morgan fingerprint density at radius 2 is 1.74 bits per heavy atom. The maximum Gasteiger partial charge on any atom is 0.326 e. The smallest absolute Gasteiger partial charge is 0.326 e. The summed E-state index contributed by atoms with van der Waals surface area (Å²) in [7, 11) is 2.92. The van der Waals surface area contributed by atoms with E-state index in [0.717, 1.165) is 0 Å². The van der Waals surface area contributed by atoms with Gasteiger partial charge in [0.2, 0.25) is 5.91 Å². The van der Waals surface area contributed by atoms with Crippen LogP contribution in [0.5, 0.6) is 11.5 Å². The van der Waals surface area contributed by atoms with Crippen LogP contribution in [0.4, 0.5) is 0 Å². The first kappa shape index (κ1) is 18.8. The Morgan fingerprint density at radius 3 is 2.29 bits per heavy atom. The van der Waals surface area contributed by atoms with Crippen LogP contribution in [0.3, 0.4) is 0 Å². The average Bonchev–Trinajstić information content (AvgIpc) is 2.91. The van der Waals surface area contributed by atoms with Gasteiger partial charge in [0.1, 0.15) is 12.1 Å². The molecule has 1 amide bonds. The Kier molecular flexibility index (Phi) is 6.09. The summed E-state index contributed by atoms with van der Waals surface area (Å²) in [6.45, 7) is 1.38. The number of ether oxygens (including phenoxy) is 2. The van der Waals surface area contributed by atoms with E-state index in [-0.39, 0.29) is 31.4 Å². The molecular weight excluding hydrogens is 440 g/mol. The first-order chi connectivity index (χ1) is 18.3. The molecule has 3 atom stereocenters. The normalized spacial score (nSPS) is 18.9. The van der Waals surface area contributed by atoms with Gasteiger partial charge >= 0.3 is 11.9 Å². The summed E-state index contributed by atoms with van der Waals surface area (Å²) in [6.07, 6.45) is -0.318. The van der Waals surface area contributed by atoms with E-state index in [4.69, 9.17) is 16.3 Å². The fourth-order valence-electron chi connectivity index (χ4n) is 3.95. The van der Waals surface area contributed by atoms with Gasteiger partial charge in [0.05, 0.1) is 27.1 Å². The Labute approximate surface area is 205 Å². The number of amides is 1. The monoisotopic (exact) mass is 475 g/mol. The Hall–Kier alpha value is -3.59. The van der Waals surface area contributed by atoms with Gasteiger partial charge in [-0.25, -0.2) is 4.79 Å². The van der Waals surface area contributed by atoms with Crippen molar-refractivity contribution in [1.29, 1.82) is 0 Å². The summed E-state index contributed by atoms with van der Waals surface area (Å²) in [5.41, 5.74) is 1.32. The van der Waals surface area contributed by atoms with Gasteiger partial charge in [-0.1, -0.05) is 30.2 Å². The molecule has 0 fully saturated rings. The highest BCUT2D eigenvalue weighted by Gasteiger charge is 2.38. The SMILES string of the molecule is [2H]c1c([2H])c([2H])c(CC[C@H](N[C@@H](C)C(=O)N2Cc3cc(OC)c(OC)cc3C[C@@H]2C(=O)O)C(=O)O)c([2H])c1[2H]. The number of hydrogen-bond donors (Lipinski definition) is 3. The summed E-state index contributed by atoms with van der Waals surface area (Å²) in [4.78, 5) is 38.6. The van der Waals surface area contributed by atoms with Crippen LogP contribution in [-0.4, -0.2) is 65.3 Å². The third-order valence-corrected chi connectivity index (χ3v) is 5.76. The zero-order valence-corrected chi connectivity index (χ0v) is 19.1. The number of fused-ring (bicyclic) bond motifs is 1. The van der Waals surface area contributed by atoms with Crippen molar-refractivity contribution in [3.8, 4) is 11.5 Å². The molecule has 0 unspecified atom stereocenters. The fraction of sp³-hybridized carbons (Fsp3) is 0.400. The number of carbonyl (C=O) groups is 3. The Morgan fingerprint density at radius 1 is 1.12 bits per heavy atom. The molecule has 1 aliphatic rings. The predicted octanol–water partition coefficient (Wildman–Crippen LogP) is 2.11. The van der Waals surface area contributed by atoms with E-state index in [1.807, 2.05) is 0 Å². The summed E-state index contributed by atoms with van der Waals surface area (Å²) < 4.78 is 49.9. The van der Waals surface area contributed by atoms with E-state index in [9.17, 15) is 24.6 Å². The molecule has 182 valence electrons. The highest BCUT2D eigenvalue weighted by molar-refractivity contribution is 5.88. The van der Waals surface area contributed by atoms with Crippen LogP contribution in [0.1, 0.15) is 36.9 Å². The third-order valence-electron chi connectivity index (χ3n) is 5.76. The van der Waals surface area contributed by atoms with E-state index in [1.54, 1.807) is 12.1 Å². The van der Waals surface area contributed by atoms with E-state index < -0.39 is 66.2 Å². The molecule has 3 rings (SSSR count). The second kappa shape index (κ2) is 11.0. The topological polar surface area (TPSA) is 125 Å². The summed E-state index contributed by atoms with van der Waals surface area (Å²) in [6, 6.07) is -2.69. The molecule has 1 aliphatic heterocycles. The van der Waals surface area contributed by atoms with Crippen molar-refractivity contribution in [3.05, 3.63) is 59.0 Å². The molecule has 0 saturated heterocycles. The molecule has 3 N–H and O–H groups in total. The Balaban J connectivity index is 1.80. The number of rotatable bonds is 10. The molecular formula is C25H30N2O7. The summed E-state index contributed by atoms with van der Waals surface area (Å²) >= 11 is 0. The molecule has 1 heterocycles. The van der Waals surface area contributed by atoms with Crippen LogP contribution in [0.15, 0.2) is 42.3 Å². The van der Waals surface area contributed by atoms with Crippen molar-refractivity contribution >= 4 is 17.8 Å². The van der Waals surface area contributed by atoms with Crippen LogP contribution >= 0.6 is 0 Å². The summed E-state index contributed by atoms with van der Waals surface area (Å²) in [5.74, 6) is -2.30. The molecule has 0 spiro atoms. The predicted molar refractivity (Wildman–Crippen MR) is 124 cm³/mol. The zero-order chi connectivity index (χ0) is 29.2. The maximum absolute atomic E-state index is 13.4. The molecule has 9 heteroatoms. The number of methoxy groups -OCH3 is 2. The van der Waals surface area contributed by atoms with Crippen LogP contribution in [0, 0.1) is 0 Å². The standard InChI is InChI=1S/C25H30N2O7/c1-15(26-19(24(29)30)10-9-16-7-5-4-6-8-16)23(28)27-14-18-13-22(34-3)21(33-2)12-17(18)11-20(27)25(31)32/h4-8,12-13,15,19-20,26H,9-11,14H2,1-3H3,(H,29,30)(H,31,32)/t15-,19-,20+/m0/s1/i4D,5D,6D,7D,8D. The molecule has 0 radical (unpaired) electrons. The maximum atomic E-state index is 13.4. The minimum Gasteiger partial charge on any atom is -0.493 e. The first-order valence-corrected chi connectivity index (χ1v) is 10.6. The minimum absolute atomic E-state index is 0.0152. The van der Waals surface area contributed by atoms with Crippen molar-refractivity contribution in [2.24, 2.45) is 0 Å². The molecule has 9 nitrogen and oxygen atoms in total. The number of carboxylic acid groups (broad SMARTS) is 2. The highest BCUT2D eigenvalue weighted by atomic mass is 16.5. The van der Waals surface area contributed by atoms with Gasteiger partial charge in [-0.3, -0.25) is 14.9 Å². The number of nitrogens with one attached hydrogen (secondary N) is 1. The number of carbonyl (C=O) groups excluding carboxylic acids is 1. The van der Waals surface area contributed by atoms with Crippen molar-refractivity contribution < 1.29 is 40.9 Å². The van der Waals surface area contributed by atoms with Crippen LogP contribution in [-0.2, 0) is 33.8 Å². The van der Waals surface area contributed by atoms with Gasteiger partial charge < -0.3 is 24.6 Å². The molecule has 2 aromatic rings. The average molecular weight is 476 g/mol. The number of aliphatic carboxylic acids is 2. The van der Waals surface area contributed by atoms with E-state index >= 15 is 0 Å². The number of benzene rings is 2. The van der Waals surface area contributed by atoms with Crippen LogP contribution in [0.25, 0.3) is 0 Å². The third kappa shape index (κ3) is 5.66. The van der Waals surface area contributed by atoms with Gasteiger partial charge in [-0.05, 0) is 48.6 Å². The van der Waals surface area contributed by atoms with Gasteiger partial charge in [-0.15, -0.1) is 0 Å². The lowest BCUT2D eigenvalue weighted by molar-refractivity contribution is -0.152. The fourth-order valence-corrected chi connectivity index (χ4v) is 3.95. The van der Waals surface area contributed by atoms with Crippen molar-refractivity contribution in [2.75, 3.05) is 14.2 Å². The van der Waals surface area contributed by atoms with E-state index in [1.165, 1.54) is 26.0 Å². The van der Waals surface area contributed by atoms with Crippen molar-refractivity contribution in [3.63, 3.8) is 0 Å². The van der Waals surface area contributed by atoms with Crippen LogP contribution in [0.2, 0.25) is 0 Å². The first-order valence-electron chi connectivity index (χ1n) is 13.1. The van der Waals surface area contributed by atoms with Crippen LogP contribution < -0.4 is 14.8 Å². The quantitative estimate of drug-likeness (QED) is 0.477. The second-order valence-corrected chi connectivity index (χ2v) is 7.92. The second-order valence-electron chi connectivity index (χ2n) is 7.92. The number of nitrogens with zero attached hydrogens (tertiary/aromatic N) is 1. The molecule has 0 bridgehead atoms. The van der Waals surface area contributed by atoms with Crippen molar-refractivity contribution in [2.45, 2.75) is 50.9 Å². The minimum atomic E-state index is -1.31. The van der Waals surface area contributed by atoms with Gasteiger partial charge in [0.15, 0.2) is 11.5 Å². The summed E-state index contributed by atoms with van der Waals surface area (Å²) in [5, 5.41) is 22.3. The molecule has 0 aromatic heterocycles. The molecule has 2 aromatic carbocycles. The van der Waals surface area contributed by atoms with E-state index in [0.29, 0.717) is 22.6 Å². The Bertz CT molecular complexity index is 1280. The lowest BCUT2D eigenvalue weighted by Crippen LogP contribution is -2.56. The van der Waals surface area contributed by atoms with Crippen molar-refractivity contribution in [1.82, 2.24) is 10.2 Å². The molecule has 34 heavy (non-hydrogen) atoms. The van der Waals surface area contributed by atoms with Gasteiger partial charge in [0.25, 0.3) is 0 Å². The zero-order valence-electron chi connectivity index (χ0n) is 24.1. The molecule has 0 aliphatic carbocycles. The highest BCUT2D eigenvalue weighted by Crippen LogP contribution is 2.35. The number of carboxylic acids is 2. The van der Waals surface area contributed by atoms with Gasteiger partial charge in [-0.2, -0.15) is 0 Å². The van der Waals surface area contributed by atoms with Gasteiger partial charge in [0, 0.05) is 13.0 Å². The van der Waals surface area contributed by atoms with E-state index in [2.05, 4.69) is 5.32 Å². The largest absolute Gasteiger partial charge is 0.493 e. The number of hydrogen-bond acceptors (Lipinski definition) is 6.